The lowest BCUT2D eigenvalue weighted by atomic mass is 10.2. The maximum absolute atomic E-state index is 12.6. The molecule has 0 atom stereocenters. The number of nitrogens with zero attached hydrogens (tertiary/aromatic N) is 1. The minimum absolute atomic E-state index is 0.207. The van der Waals surface area contributed by atoms with Crippen LogP contribution in [0.2, 0.25) is 4.34 Å². The van der Waals surface area contributed by atoms with Crippen molar-refractivity contribution in [1.29, 1.82) is 0 Å². The highest BCUT2D eigenvalue weighted by molar-refractivity contribution is 7.24. The highest BCUT2D eigenvalue weighted by atomic mass is 35.5. The van der Waals surface area contributed by atoms with Crippen molar-refractivity contribution >= 4 is 46.1 Å². The van der Waals surface area contributed by atoms with Gasteiger partial charge in [-0.2, -0.15) is 0 Å². The molecule has 152 valence electrons. The summed E-state index contributed by atoms with van der Waals surface area (Å²) in [6, 6.07) is 8.87. The number of carbonyl (C=O) groups is 2. The number of nitrogens with one attached hydrogen (secondary N) is 1. The number of amides is 2. The van der Waals surface area contributed by atoms with Crippen molar-refractivity contribution in [2.45, 2.75) is 13.5 Å². The molecule has 0 bridgehead atoms. The molecular weight excluding hydrogens is 434 g/mol. The molecule has 2 amide bonds. The molecule has 1 aromatic carbocycles. The summed E-state index contributed by atoms with van der Waals surface area (Å²) in [6.07, 6.45) is 0. The lowest BCUT2D eigenvalue weighted by Gasteiger charge is -2.11. The Morgan fingerprint density at radius 2 is 2.00 bits per heavy atom. The molecule has 0 saturated carbocycles. The predicted molar refractivity (Wildman–Crippen MR) is 114 cm³/mol. The summed E-state index contributed by atoms with van der Waals surface area (Å²) < 4.78 is 11.3. The second-order valence-electron chi connectivity index (χ2n) is 5.96. The number of halogens is 1. The van der Waals surface area contributed by atoms with E-state index in [2.05, 4.69) is 10.3 Å². The van der Waals surface area contributed by atoms with Gasteiger partial charge in [0, 0.05) is 6.54 Å². The Hall–Kier alpha value is -2.62. The van der Waals surface area contributed by atoms with Crippen molar-refractivity contribution in [3.05, 3.63) is 50.8 Å². The lowest BCUT2D eigenvalue weighted by molar-refractivity contribution is -0.119. The quantitative estimate of drug-likeness (QED) is 0.544. The van der Waals surface area contributed by atoms with Gasteiger partial charge in [-0.15, -0.1) is 22.7 Å². The van der Waals surface area contributed by atoms with Crippen LogP contribution in [0.1, 0.15) is 20.9 Å². The molecular formula is C19H18ClN3O4S2. The fourth-order valence-corrected chi connectivity index (χ4v) is 4.57. The molecule has 0 radical (unpaired) electrons. The maximum Gasteiger partial charge on any atom is 0.263 e. The lowest BCUT2D eigenvalue weighted by Crippen LogP contribution is -2.22. The van der Waals surface area contributed by atoms with E-state index in [1.54, 1.807) is 25.1 Å². The monoisotopic (exact) mass is 451 g/mol. The first kappa shape index (κ1) is 21.1. The number of thiazole rings is 1. The summed E-state index contributed by atoms with van der Waals surface area (Å²) in [5.74, 6) is 0.0668. The number of methoxy groups -OCH3 is 1. The molecule has 2 heterocycles. The SMILES string of the molecule is COc1cc(CNC(=O)c2sc(-c3ccc(Cl)s3)nc2C)ccc1OCC(N)=O. The third-order valence-electron chi connectivity index (χ3n) is 3.84. The van der Waals surface area contributed by atoms with Crippen LogP contribution in [0.5, 0.6) is 11.5 Å². The molecule has 0 unspecified atom stereocenters. The number of aromatic nitrogens is 1. The van der Waals surface area contributed by atoms with Crippen molar-refractivity contribution in [3.8, 4) is 21.4 Å². The highest BCUT2D eigenvalue weighted by Crippen LogP contribution is 2.35. The van der Waals surface area contributed by atoms with E-state index < -0.39 is 5.91 Å². The minimum atomic E-state index is -0.576. The van der Waals surface area contributed by atoms with Crippen LogP contribution in [0.3, 0.4) is 0 Å². The fourth-order valence-electron chi connectivity index (χ4n) is 2.49. The van der Waals surface area contributed by atoms with Crippen LogP contribution in [0.4, 0.5) is 0 Å². The van der Waals surface area contributed by atoms with E-state index in [1.807, 2.05) is 12.1 Å². The molecule has 2 aromatic heterocycles. The topological polar surface area (TPSA) is 104 Å². The van der Waals surface area contributed by atoms with Crippen LogP contribution in [-0.4, -0.2) is 30.5 Å². The first-order valence-electron chi connectivity index (χ1n) is 8.46. The summed E-state index contributed by atoms with van der Waals surface area (Å²) in [5.41, 5.74) is 6.57. The number of ether oxygens (including phenoxy) is 2. The van der Waals surface area contributed by atoms with Crippen LogP contribution in [-0.2, 0) is 11.3 Å². The molecule has 0 aliphatic rings. The average Bonchev–Trinajstić information content (AvgIpc) is 3.30. The Morgan fingerprint density at radius 3 is 2.66 bits per heavy atom. The minimum Gasteiger partial charge on any atom is -0.493 e. The van der Waals surface area contributed by atoms with Gasteiger partial charge < -0.3 is 20.5 Å². The van der Waals surface area contributed by atoms with Gasteiger partial charge in [0.05, 0.1) is 22.0 Å². The Bertz CT molecular complexity index is 1050. The van der Waals surface area contributed by atoms with E-state index in [-0.39, 0.29) is 12.5 Å². The predicted octanol–water partition coefficient (Wildman–Crippen LogP) is 3.64. The maximum atomic E-state index is 12.6. The number of aryl methyl sites for hydroxylation is 1. The van der Waals surface area contributed by atoms with E-state index in [4.69, 9.17) is 26.8 Å². The van der Waals surface area contributed by atoms with Crippen LogP contribution >= 0.6 is 34.3 Å². The fraction of sp³-hybridized carbons (Fsp3) is 0.211. The number of nitrogens with two attached hydrogens (primary N) is 1. The Morgan fingerprint density at radius 1 is 1.21 bits per heavy atom. The molecule has 0 aliphatic heterocycles. The number of benzene rings is 1. The van der Waals surface area contributed by atoms with E-state index in [0.717, 1.165) is 15.4 Å². The van der Waals surface area contributed by atoms with Gasteiger partial charge in [-0.3, -0.25) is 9.59 Å². The normalized spacial score (nSPS) is 10.6. The zero-order chi connectivity index (χ0) is 21.0. The molecule has 0 spiro atoms. The summed E-state index contributed by atoms with van der Waals surface area (Å²) in [7, 11) is 1.49. The second kappa shape index (κ2) is 9.25. The Balaban J connectivity index is 1.67. The number of rotatable bonds is 8. The van der Waals surface area contributed by atoms with Gasteiger partial charge in [0.1, 0.15) is 9.88 Å². The van der Waals surface area contributed by atoms with Gasteiger partial charge in [0.25, 0.3) is 11.8 Å². The Labute approximate surface area is 180 Å². The third kappa shape index (κ3) is 5.26. The van der Waals surface area contributed by atoms with Crippen LogP contribution in [0.15, 0.2) is 30.3 Å². The van der Waals surface area contributed by atoms with Crippen molar-refractivity contribution in [3.63, 3.8) is 0 Å². The van der Waals surface area contributed by atoms with Gasteiger partial charge in [0.15, 0.2) is 18.1 Å². The van der Waals surface area contributed by atoms with Crippen LogP contribution in [0.25, 0.3) is 9.88 Å². The van der Waals surface area contributed by atoms with Crippen molar-refractivity contribution in [1.82, 2.24) is 10.3 Å². The van der Waals surface area contributed by atoms with E-state index >= 15 is 0 Å². The Kier molecular flexibility index (Phi) is 6.73. The van der Waals surface area contributed by atoms with E-state index in [0.29, 0.717) is 33.0 Å². The molecule has 29 heavy (non-hydrogen) atoms. The third-order valence-corrected chi connectivity index (χ3v) is 6.39. The second-order valence-corrected chi connectivity index (χ2v) is 8.67. The summed E-state index contributed by atoms with van der Waals surface area (Å²) in [5, 5.41) is 3.65. The smallest absolute Gasteiger partial charge is 0.263 e. The summed E-state index contributed by atoms with van der Waals surface area (Å²) >= 11 is 8.73. The molecule has 7 nitrogen and oxygen atoms in total. The van der Waals surface area contributed by atoms with Gasteiger partial charge in [-0.25, -0.2) is 4.98 Å². The molecule has 3 N–H and O–H groups in total. The first-order chi connectivity index (χ1) is 13.9. The van der Waals surface area contributed by atoms with Crippen LogP contribution in [0, 0.1) is 6.92 Å². The van der Waals surface area contributed by atoms with Gasteiger partial charge in [-0.05, 0) is 36.8 Å². The number of thiophene rings is 1. The summed E-state index contributed by atoms with van der Waals surface area (Å²) in [4.78, 5) is 29.4. The standard InChI is InChI=1S/C19H18ClN3O4S2/c1-10-17(29-19(23-10)14-5-6-15(20)28-14)18(25)22-8-11-3-4-12(13(7-11)26-2)27-9-16(21)24/h3-7H,8-9H2,1-2H3,(H2,21,24)(H,22,25). The van der Waals surface area contributed by atoms with Crippen LogP contribution < -0.4 is 20.5 Å². The van der Waals surface area contributed by atoms with Gasteiger partial charge in [-0.1, -0.05) is 17.7 Å². The number of hydrogen-bond acceptors (Lipinski definition) is 7. The number of primary amides is 1. The van der Waals surface area contributed by atoms with Crippen molar-refractivity contribution in [2.75, 3.05) is 13.7 Å². The zero-order valence-electron chi connectivity index (χ0n) is 15.7. The molecule has 0 aliphatic carbocycles. The van der Waals surface area contributed by atoms with Gasteiger partial charge >= 0.3 is 0 Å². The molecule has 3 rings (SSSR count). The highest BCUT2D eigenvalue weighted by Gasteiger charge is 2.17. The van der Waals surface area contributed by atoms with E-state index in [1.165, 1.54) is 29.8 Å². The van der Waals surface area contributed by atoms with Crippen molar-refractivity contribution < 1.29 is 19.1 Å². The molecule has 0 fully saturated rings. The largest absolute Gasteiger partial charge is 0.493 e. The molecule has 0 saturated heterocycles. The number of hydrogen-bond donors (Lipinski definition) is 2. The van der Waals surface area contributed by atoms with Crippen molar-refractivity contribution in [2.24, 2.45) is 5.73 Å². The zero-order valence-corrected chi connectivity index (χ0v) is 18.0. The first-order valence-corrected chi connectivity index (χ1v) is 10.5. The average molecular weight is 452 g/mol. The van der Waals surface area contributed by atoms with Gasteiger partial charge in [0.2, 0.25) is 0 Å². The number of carbonyl (C=O) groups excluding carboxylic acids is 2. The summed E-state index contributed by atoms with van der Waals surface area (Å²) in [6.45, 7) is 1.86. The van der Waals surface area contributed by atoms with E-state index in [9.17, 15) is 9.59 Å². The molecule has 10 heteroatoms. The molecule has 3 aromatic rings.